The van der Waals surface area contributed by atoms with Gasteiger partial charge in [-0.05, 0) is 55.3 Å². The first-order valence-electron chi connectivity index (χ1n) is 8.83. The lowest BCUT2D eigenvalue weighted by Crippen LogP contribution is -2.41. The van der Waals surface area contributed by atoms with Crippen LogP contribution in [0.2, 0.25) is 5.02 Å². The molecule has 0 saturated carbocycles. The highest BCUT2D eigenvalue weighted by molar-refractivity contribution is 7.89. The van der Waals surface area contributed by atoms with Gasteiger partial charge in [0.05, 0.1) is 15.5 Å². The Morgan fingerprint density at radius 2 is 1.72 bits per heavy atom. The van der Waals surface area contributed by atoms with Gasteiger partial charge in [0.2, 0.25) is 15.9 Å². The largest absolute Gasteiger partial charge is 0.339 e. The van der Waals surface area contributed by atoms with Crippen LogP contribution in [0.3, 0.4) is 0 Å². The van der Waals surface area contributed by atoms with E-state index in [-0.39, 0.29) is 33.2 Å². The van der Waals surface area contributed by atoms with E-state index in [2.05, 4.69) is 5.32 Å². The van der Waals surface area contributed by atoms with Crippen LogP contribution in [-0.4, -0.2) is 38.2 Å². The van der Waals surface area contributed by atoms with Gasteiger partial charge in [0.25, 0.3) is 5.91 Å². The average molecular weight is 440 g/mol. The number of carbonyl (C=O) groups is 2. The quantitative estimate of drug-likeness (QED) is 0.762. The lowest BCUT2D eigenvalue weighted by Gasteiger charge is -2.31. The summed E-state index contributed by atoms with van der Waals surface area (Å²) in [6.45, 7) is 0.740. The molecular formula is C19H19ClFN3O4S. The van der Waals surface area contributed by atoms with Crippen LogP contribution in [0.5, 0.6) is 0 Å². The molecule has 0 aliphatic carbocycles. The Morgan fingerprint density at radius 3 is 2.28 bits per heavy atom. The van der Waals surface area contributed by atoms with Gasteiger partial charge in [-0.1, -0.05) is 11.6 Å². The molecule has 3 N–H and O–H groups in total. The number of primary sulfonamides is 1. The summed E-state index contributed by atoms with van der Waals surface area (Å²) in [5.41, 5.74) is 0.685. The molecule has 3 rings (SSSR count). The number of nitrogens with zero attached hydrogens (tertiary/aromatic N) is 1. The van der Waals surface area contributed by atoms with Gasteiger partial charge in [0.1, 0.15) is 5.82 Å². The maximum Gasteiger partial charge on any atom is 0.255 e. The van der Waals surface area contributed by atoms with Crippen LogP contribution in [0.4, 0.5) is 10.1 Å². The van der Waals surface area contributed by atoms with Crippen LogP contribution in [-0.2, 0) is 14.8 Å². The van der Waals surface area contributed by atoms with E-state index < -0.39 is 15.8 Å². The van der Waals surface area contributed by atoms with Crippen LogP contribution >= 0.6 is 11.6 Å². The second kappa shape index (κ2) is 8.48. The van der Waals surface area contributed by atoms with Crippen molar-refractivity contribution in [3.05, 3.63) is 58.9 Å². The summed E-state index contributed by atoms with van der Waals surface area (Å²) in [4.78, 5) is 26.6. The number of piperidine rings is 1. The molecule has 2 aromatic rings. The Bertz CT molecular complexity index is 1040. The fourth-order valence-electron chi connectivity index (χ4n) is 3.15. The molecule has 0 unspecified atom stereocenters. The SMILES string of the molecule is NS(=O)(=O)c1ccc(NC(=O)C2CCN(C(=O)c3ccc(F)cc3Cl)CC2)cc1. The number of amides is 2. The molecule has 1 saturated heterocycles. The molecule has 2 aromatic carbocycles. The number of likely N-dealkylation sites (tertiary alicyclic amines) is 1. The molecule has 1 fully saturated rings. The molecule has 0 bridgehead atoms. The highest BCUT2D eigenvalue weighted by atomic mass is 35.5. The molecule has 10 heteroatoms. The summed E-state index contributed by atoms with van der Waals surface area (Å²) in [7, 11) is -3.79. The maximum atomic E-state index is 13.2. The number of carbonyl (C=O) groups excluding carboxylic acids is 2. The van der Waals surface area contributed by atoms with Crippen molar-refractivity contribution in [3.63, 3.8) is 0 Å². The molecule has 0 aromatic heterocycles. The van der Waals surface area contributed by atoms with E-state index in [4.69, 9.17) is 16.7 Å². The normalized spacial score (nSPS) is 15.2. The predicted octanol–water partition coefficient (Wildman–Crippen LogP) is 2.62. The Morgan fingerprint density at radius 1 is 1.10 bits per heavy atom. The van der Waals surface area contributed by atoms with Gasteiger partial charge in [-0.25, -0.2) is 17.9 Å². The third kappa shape index (κ3) is 5.11. The molecule has 2 amide bonds. The summed E-state index contributed by atoms with van der Waals surface area (Å²) >= 11 is 5.96. The van der Waals surface area contributed by atoms with Crippen molar-refractivity contribution in [1.82, 2.24) is 4.90 Å². The zero-order chi connectivity index (χ0) is 21.2. The summed E-state index contributed by atoms with van der Waals surface area (Å²) in [6.07, 6.45) is 0.928. The third-order valence-corrected chi connectivity index (χ3v) is 6.01. The zero-order valence-corrected chi connectivity index (χ0v) is 16.8. The van der Waals surface area contributed by atoms with Crippen molar-refractivity contribution in [2.45, 2.75) is 17.7 Å². The molecule has 154 valence electrons. The predicted molar refractivity (Wildman–Crippen MR) is 106 cm³/mol. The molecule has 0 spiro atoms. The molecule has 7 nitrogen and oxygen atoms in total. The molecule has 1 aliphatic rings. The van der Waals surface area contributed by atoms with Crippen molar-refractivity contribution in [3.8, 4) is 0 Å². The number of sulfonamides is 1. The third-order valence-electron chi connectivity index (χ3n) is 4.76. The fraction of sp³-hybridized carbons (Fsp3) is 0.263. The summed E-state index contributed by atoms with van der Waals surface area (Å²) in [6, 6.07) is 9.19. The number of benzene rings is 2. The van der Waals surface area contributed by atoms with Gasteiger partial charge in [-0.3, -0.25) is 9.59 Å². The minimum atomic E-state index is -3.79. The minimum absolute atomic E-state index is 0.0400. The number of anilines is 1. The van der Waals surface area contributed by atoms with Gasteiger partial charge < -0.3 is 10.2 Å². The minimum Gasteiger partial charge on any atom is -0.339 e. The lowest BCUT2D eigenvalue weighted by molar-refractivity contribution is -0.121. The smallest absolute Gasteiger partial charge is 0.255 e. The first kappa shape index (κ1) is 21.2. The summed E-state index contributed by atoms with van der Waals surface area (Å²) in [5, 5.41) is 7.84. The van der Waals surface area contributed by atoms with E-state index in [0.29, 0.717) is 31.6 Å². The van der Waals surface area contributed by atoms with Crippen LogP contribution in [0.1, 0.15) is 23.2 Å². The van der Waals surface area contributed by atoms with E-state index in [1.54, 1.807) is 4.90 Å². The molecule has 0 atom stereocenters. The van der Waals surface area contributed by atoms with Crippen molar-refractivity contribution in [2.75, 3.05) is 18.4 Å². The Balaban J connectivity index is 1.57. The van der Waals surface area contributed by atoms with Crippen molar-refractivity contribution in [2.24, 2.45) is 11.1 Å². The standard InChI is InChI=1S/C19H19ClFN3O4S/c20-17-11-13(21)1-6-16(17)19(26)24-9-7-12(8-10-24)18(25)23-14-2-4-15(5-3-14)29(22,27)28/h1-6,11-12H,7-10H2,(H,23,25)(H2,22,27,28). The van der Waals surface area contributed by atoms with Gasteiger partial charge in [-0.15, -0.1) is 0 Å². The molecular weight excluding hydrogens is 421 g/mol. The topological polar surface area (TPSA) is 110 Å². The highest BCUT2D eigenvalue weighted by Crippen LogP contribution is 2.24. The van der Waals surface area contributed by atoms with Gasteiger partial charge in [0, 0.05) is 24.7 Å². The van der Waals surface area contributed by atoms with Crippen LogP contribution in [0.15, 0.2) is 47.4 Å². The monoisotopic (exact) mass is 439 g/mol. The van der Waals surface area contributed by atoms with Crippen LogP contribution in [0, 0.1) is 11.7 Å². The molecule has 1 heterocycles. The molecule has 1 aliphatic heterocycles. The lowest BCUT2D eigenvalue weighted by atomic mass is 9.95. The highest BCUT2D eigenvalue weighted by Gasteiger charge is 2.28. The number of hydrogen-bond acceptors (Lipinski definition) is 4. The van der Waals surface area contributed by atoms with Crippen LogP contribution < -0.4 is 10.5 Å². The van der Waals surface area contributed by atoms with Crippen molar-refractivity contribution >= 4 is 39.1 Å². The van der Waals surface area contributed by atoms with E-state index in [1.165, 1.54) is 36.4 Å². The number of hydrogen-bond donors (Lipinski definition) is 2. The van der Waals surface area contributed by atoms with E-state index >= 15 is 0 Å². The van der Waals surface area contributed by atoms with Gasteiger partial charge in [0.15, 0.2) is 0 Å². The Kier molecular flexibility index (Phi) is 6.21. The van der Waals surface area contributed by atoms with E-state index in [9.17, 15) is 22.4 Å². The van der Waals surface area contributed by atoms with E-state index in [1.807, 2.05) is 0 Å². The number of nitrogens with two attached hydrogens (primary N) is 1. The van der Waals surface area contributed by atoms with E-state index in [0.717, 1.165) is 6.07 Å². The zero-order valence-electron chi connectivity index (χ0n) is 15.3. The first-order valence-corrected chi connectivity index (χ1v) is 10.8. The van der Waals surface area contributed by atoms with Crippen molar-refractivity contribution in [1.29, 1.82) is 0 Å². The summed E-state index contributed by atoms with van der Waals surface area (Å²) < 4.78 is 35.7. The maximum absolute atomic E-state index is 13.2. The number of nitrogens with one attached hydrogen (secondary N) is 1. The Hall–Kier alpha value is -2.49. The number of halogens is 2. The molecule has 0 radical (unpaired) electrons. The first-order chi connectivity index (χ1) is 13.6. The fourth-order valence-corrected chi connectivity index (χ4v) is 3.91. The van der Waals surface area contributed by atoms with Crippen LogP contribution in [0.25, 0.3) is 0 Å². The average Bonchev–Trinajstić information content (AvgIpc) is 2.67. The second-order valence-electron chi connectivity index (χ2n) is 6.75. The summed E-state index contributed by atoms with van der Waals surface area (Å²) in [5.74, 6) is -1.31. The number of rotatable bonds is 4. The second-order valence-corrected chi connectivity index (χ2v) is 8.72. The molecule has 29 heavy (non-hydrogen) atoms. The van der Waals surface area contributed by atoms with Crippen molar-refractivity contribution < 1.29 is 22.4 Å². The van der Waals surface area contributed by atoms with Gasteiger partial charge >= 0.3 is 0 Å². The van der Waals surface area contributed by atoms with Gasteiger partial charge in [-0.2, -0.15) is 0 Å². The Labute approximate surface area is 172 Å².